The second kappa shape index (κ2) is 5.31. The number of hydrogen-bond donors (Lipinski definition) is 1. The SMILES string of the molecule is O=C(c1cn[nH]c1-c1ccc(F)cc1)N1CCc2cnccc21. The molecule has 0 atom stereocenters. The minimum Gasteiger partial charge on any atom is -0.308 e. The molecule has 114 valence electrons. The number of fused-ring (bicyclic) bond motifs is 1. The van der Waals surface area contributed by atoms with Crippen molar-refractivity contribution in [1.29, 1.82) is 0 Å². The fraction of sp³-hybridized carbons (Fsp3) is 0.118. The molecule has 0 unspecified atom stereocenters. The van der Waals surface area contributed by atoms with Gasteiger partial charge in [0.25, 0.3) is 5.91 Å². The van der Waals surface area contributed by atoms with Crippen molar-refractivity contribution in [2.45, 2.75) is 6.42 Å². The Labute approximate surface area is 131 Å². The zero-order valence-electron chi connectivity index (χ0n) is 12.2. The van der Waals surface area contributed by atoms with Gasteiger partial charge in [0, 0.05) is 24.5 Å². The maximum absolute atomic E-state index is 13.1. The summed E-state index contributed by atoms with van der Waals surface area (Å²) >= 11 is 0. The molecule has 3 aromatic rings. The summed E-state index contributed by atoms with van der Waals surface area (Å²) in [5.41, 5.74) is 3.74. The molecule has 23 heavy (non-hydrogen) atoms. The van der Waals surface area contributed by atoms with Gasteiger partial charge in [-0.3, -0.25) is 14.9 Å². The van der Waals surface area contributed by atoms with Crippen LogP contribution in [-0.4, -0.2) is 27.6 Å². The lowest BCUT2D eigenvalue weighted by Gasteiger charge is -2.17. The Hall–Kier alpha value is -3.02. The molecule has 2 aromatic heterocycles. The Morgan fingerprint density at radius 1 is 1.17 bits per heavy atom. The zero-order valence-corrected chi connectivity index (χ0v) is 12.2. The van der Waals surface area contributed by atoms with E-state index in [1.54, 1.807) is 29.4 Å². The molecule has 0 saturated carbocycles. The van der Waals surface area contributed by atoms with Crippen molar-refractivity contribution in [2.75, 3.05) is 11.4 Å². The molecule has 6 heteroatoms. The molecule has 1 N–H and O–H groups in total. The van der Waals surface area contributed by atoms with E-state index in [2.05, 4.69) is 15.2 Å². The second-order valence-electron chi connectivity index (χ2n) is 5.38. The summed E-state index contributed by atoms with van der Waals surface area (Å²) in [5.74, 6) is -0.440. The normalized spacial score (nSPS) is 13.2. The van der Waals surface area contributed by atoms with E-state index in [1.807, 2.05) is 6.07 Å². The lowest BCUT2D eigenvalue weighted by atomic mass is 10.1. The van der Waals surface area contributed by atoms with Gasteiger partial charge in [0.1, 0.15) is 5.82 Å². The fourth-order valence-electron chi connectivity index (χ4n) is 2.87. The Morgan fingerprint density at radius 2 is 2.00 bits per heavy atom. The van der Waals surface area contributed by atoms with Crippen molar-refractivity contribution in [2.24, 2.45) is 0 Å². The minimum absolute atomic E-state index is 0.122. The molecule has 1 aliphatic rings. The minimum atomic E-state index is -0.317. The van der Waals surface area contributed by atoms with Crippen LogP contribution in [0.2, 0.25) is 0 Å². The topological polar surface area (TPSA) is 61.9 Å². The van der Waals surface area contributed by atoms with Crippen LogP contribution < -0.4 is 4.90 Å². The largest absolute Gasteiger partial charge is 0.308 e. The second-order valence-corrected chi connectivity index (χ2v) is 5.38. The van der Waals surface area contributed by atoms with E-state index in [0.717, 1.165) is 23.2 Å². The predicted molar refractivity (Wildman–Crippen MR) is 83.6 cm³/mol. The van der Waals surface area contributed by atoms with Gasteiger partial charge in [-0.2, -0.15) is 5.10 Å². The number of carbonyl (C=O) groups excluding carboxylic acids is 1. The van der Waals surface area contributed by atoms with Crippen molar-refractivity contribution in [3.63, 3.8) is 0 Å². The lowest BCUT2D eigenvalue weighted by molar-refractivity contribution is 0.0990. The molecule has 1 amide bonds. The van der Waals surface area contributed by atoms with E-state index in [0.29, 0.717) is 17.8 Å². The number of halogens is 1. The van der Waals surface area contributed by atoms with Gasteiger partial charge in [-0.1, -0.05) is 0 Å². The van der Waals surface area contributed by atoms with Gasteiger partial charge >= 0.3 is 0 Å². The molecule has 0 saturated heterocycles. The highest BCUT2D eigenvalue weighted by Crippen LogP contribution is 2.30. The Kier molecular flexibility index (Phi) is 3.15. The number of hydrogen-bond acceptors (Lipinski definition) is 3. The average Bonchev–Trinajstić information content (AvgIpc) is 3.22. The maximum atomic E-state index is 13.1. The van der Waals surface area contributed by atoms with Crippen LogP contribution in [0.5, 0.6) is 0 Å². The van der Waals surface area contributed by atoms with Crippen LogP contribution in [0.4, 0.5) is 10.1 Å². The van der Waals surface area contributed by atoms with Gasteiger partial charge in [-0.25, -0.2) is 4.39 Å². The van der Waals surface area contributed by atoms with Crippen LogP contribution in [0.3, 0.4) is 0 Å². The lowest BCUT2D eigenvalue weighted by Crippen LogP contribution is -2.29. The molecular formula is C17H13FN4O. The number of anilines is 1. The van der Waals surface area contributed by atoms with Crippen molar-refractivity contribution in [1.82, 2.24) is 15.2 Å². The third kappa shape index (κ3) is 2.28. The molecule has 5 nitrogen and oxygen atoms in total. The molecular weight excluding hydrogens is 295 g/mol. The average molecular weight is 308 g/mol. The first kappa shape index (κ1) is 13.6. The van der Waals surface area contributed by atoms with E-state index >= 15 is 0 Å². The van der Waals surface area contributed by atoms with Crippen LogP contribution in [-0.2, 0) is 6.42 Å². The quantitative estimate of drug-likeness (QED) is 0.792. The van der Waals surface area contributed by atoms with Crippen LogP contribution in [0.1, 0.15) is 15.9 Å². The van der Waals surface area contributed by atoms with Gasteiger partial charge in [0.2, 0.25) is 0 Å². The van der Waals surface area contributed by atoms with E-state index in [-0.39, 0.29) is 11.7 Å². The van der Waals surface area contributed by atoms with Crippen LogP contribution in [0, 0.1) is 5.82 Å². The number of aromatic nitrogens is 3. The Balaban J connectivity index is 1.71. The van der Waals surface area contributed by atoms with Crippen molar-refractivity contribution in [3.05, 3.63) is 65.9 Å². The molecule has 1 aromatic carbocycles. The standard InChI is InChI=1S/C17H13FN4O/c18-13-3-1-11(2-4-13)16-14(10-20-21-16)17(23)22-8-6-12-9-19-7-5-15(12)22/h1-5,7,9-10H,6,8H2,(H,20,21). The van der Waals surface area contributed by atoms with Crippen LogP contribution >= 0.6 is 0 Å². The summed E-state index contributed by atoms with van der Waals surface area (Å²) in [5, 5.41) is 6.83. The molecule has 4 rings (SSSR count). The zero-order chi connectivity index (χ0) is 15.8. The molecule has 0 bridgehead atoms. The first-order valence-corrected chi connectivity index (χ1v) is 7.28. The maximum Gasteiger partial charge on any atom is 0.262 e. The highest BCUT2D eigenvalue weighted by Gasteiger charge is 2.28. The van der Waals surface area contributed by atoms with Crippen molar-refractivity contribution in [3.8, 4) is 11.3 Å². The van der Waals surface area contributed by atoms with E-state index < -0.39 is 0 Å². The number of aromatic amines is 1. The number of benzene rings is 1. The molecule has 0 aliphatic carbocycles. The third-order valence-electron chi connectivity index (χ3n) is 4.02. The van der Waals surface area contributed by atoms with E-state index in [4.69, 9.17) is 0 Å². The van der Waals surface area contributed by atoms with Gasteiger partial charge < -0.3 is 4.90 Å². The number of pyridine rings is 1. The summed E-state index contributed by atoms with van der Waals surface area (Å²) in [4.78, 5) is 18.7. The summed E-state index contributed by atoms with van der Waals surface area (Å²) in [6.07, 6.45) is 5.78. The van der Waals surface area contributed by atoms with Crippen LogP contribution in [0.15, 0.2) is 48.9 Å². The molecule has 0 fully saturated rings. The van der Waals surface area contributed by atoms with Crippen molar-refractivity contribution >= 4 is 11.6 Å². The highest BCUT2D eigenvalue weighted by molar-refractivity contribution is 6.10. The van der Waals surface area contributed by atoms with Gasteiger partial charge in [0.15, 0.2) is 0 Å². The monoisotopic (exact) mass is 308 g/mol. The number of carbonyl (C=O) groups is 1. The number of nitrogens with zero attached hydrogens (tertiary/aromatic N) is 3. The predicted octanol–water partition coefficient (Wildman–Crippen LogP) is 2.81. The summed E-state index contributed by atoms with van der Waals surface area (Å²) in [7, 11) is 0. The number of rotatable bonds is 2. The summed E-state index contributed by atoms with van der Waals surface area (Å²) in [6.45, 7) is 0.619. The molecule has 0 radical (unpaired) electrons. The van der Waals surface area contributed by atoms with E-state index in [1.165, 1.54) is 18.3 Å². The first-order valence-electron chi connectivity index (χ1n) is 7.28. The fourth-order valence-corrected chi connectivity index (χ4v) is 2.87. The molecule has 0 spiro atoms. The number of amides is 1. The summed E-state index contributed by atoms with van der Waals surface area (Å²) < 4.78 is 13.1. The Bertz CT molecular complexity index is 872. The molecule has 1 aliphatic heterocycles. The van der Waals surface area contributed by atoms with Gasteiger partial charge in [-0.05, 0) is 42.3 Å². The van der Waals surface area contributed by atoms with Crippen LogP contribution in [0.25, 0.3) is 11.3 Å². The number of H-pyrrole nitrogens is 1. The van der Waals surface area contributed by atoms with Gasteiger partial charge in [0.05, 0.1) is 23.1 Å². The van der Waals surface area contributed by atoms with E-state index in [9.17, 15) is 9.18 Å². The molecule has 3 heterocycles. The smallest absolute Gasteiger partial charge is 0.262 e. The highest BCUT2D eigenvalue weighted by atomic mass is 19.1. The van der Waals surface area contributed by atoms with Gasteiger partial charge in [-0.15, -0.1) is 0 Å². The summed E-state index contributed by atoms with van der Waals surface area (Å²) in [6, 6.07) is 7.82. The third-order valence-corrected chi connectivity index (χ3v) is 4.02. The van der Waals surface area contributed by atoms with Crippen molar-refractivity contribution < 1.29 is 9.18 Å². The Morgan fingerprint density at radius 3 is 2.83 bits per heavy atom. The number of nitrogens with one attached hydrogen (secondary N) is 1. The first-order chi connectivity index (χ1) is 11.2.